The number of anilines is 2. The van der Waals surface area contributed by atoms with Gasteiger partial charge in [0.1, 0.15) is 11.9 Å². The summed E-state index contributed by atoms with van der Waals surface area (Å²) in [6.07, 6.45) is 9.13. The van der Waals surface area contributed by atoms with Crippen molar-refractivity contribution >= 4 is 11.6 Å². The van der Waals surface area contributed by atoms with Crippen molar-refractivity contribution in [1.82, 2.24) is 20.3 Å². The van der Waals surface area contributed by atoms with Crippen LogP contribution in [0.5, 0.6) is 5.88 Å². The minimum absolute atomic E-state index is 0.189. The number of nitrogens with one attached hydrogen (secondary N) is 2. The average molecular weight is 413 g/mol. The lowest BCUT2D eigenvalue weighted by molar-refractivity contribution is 0.156. The van der Waals surface area contributed by atoms with E-state index >= 15 is 0 Å². The van der Waals surface area contributed by atoms with Crippen LogP contribution in [-0.4, -0.2) is 54.3 Å². The van der Waals surface area contributed by atoms with Gasteiger partial charge in [0.05, 0.1) is 11.9 Å². The molecule has 0 bridgehead atoms. The number of aromatic nitrogens is 3. The van der Waals surface area contributed by atoms with Gasteiger partial charge in [0.25, 0.3) is 5.88 Å². The topological polar surface area (TPSA) is 75.2 Å². The predicted molar refractivity (Wildman–Crippen MR) is 124 cm³/mol. The molecule has 1 saturated heterocycles. The molecule has 2 aromatic rings. The molecule has 0 unspecified atom stereocenters. The standard InChI is InChI=1S/C21H30N6O.C2H6/c1-3-4-13-27(2)20-21(28-15-5-9-22-10-6-15)26-18(14-25-20)16-7-11-23-19-17(16)8-12-24-19;1-2/h7,11,14-15,22H,3-6,8-10,12-13H2,1-2H3,(H,23,24);1-2H3. The van der Waals surface area contributed by atoms with E-state index in [1.165, 1.54) is 5.56 Å². The van der Waals surface area contributed by atoms with Gasteiger partial charge in [-0.15, -0.1) is 0 Å². The van der Waals surface area contributed by atoms with Crippen molar-refractivity contribution < 1.29 is 4.74 Å². The number of fused-ring (bicyclic) bond motifs is 1. The van der Waals surface area contributed by atoms with Crippen molar-refractivity contribution in [2.75, 3.05) is 43.4 Å². The van der Waals surface area contributed by atoms with Crippen molar-refractivity contribution in [3.05, 3.63) is 24.0 Å². The minimum Gasteiger partial charge on any atom is -0.472 e. The Labute approximate surface area is 180 Å². The number of pyridine rings is 1. The van der Waals surface area contributed by atoms with E-state index in [1.807, 2.05) is 32.3 Å². The predicted octanol–water partition coefficient (Wildman–Crippen LogP) is 3.90. The summed E-state index contributed by atoms with van der Waals surface area (Å²) in [5.74, 6) is 2.45. The molecule has 4 heterocycles. The first-order chi connectivity index (χ1) is 14.8. The molecule has 1 fully saturated rings. The van der Waals surface area contributed by atoms with E-state index in [0.717, 1.165) is 81.2 Å². The van der Waals surface area contributed by atoms with E-state index in [0.29, 0.717) is 5.88 Å². The van der Waals surface area contributed by atoms with Crippen LogP contribution in [0.25, 0.3) is 11.3 Å². The molecule has 7 nitrogen and oxygen atoms in total. The average Bonchev–Trinajstić information content (AvgIpc) is 3.28. The number of unbranched alkanes of at least 4 members (excludes halogenated alkanes) is 1. The second-order valence-corrected chi connectivity index (χ2v) is 7.59. The van der Waals surface area contributed by atoms with Gasteiger partial charge in [-0.3, -0.25) is 0 Å². The minimum atomic E-state index is 0.189. The normalized spacial score (nSPS) is 15.6. The zero-order chi connectivity index (χ0) is 21.3. The van der Waals surface area contributed by atoms with Crippen molar-refractivity contribution in [3.63, 3.8) is 0 Å². The van der Waals surface area contributed by atoms with Crippen LogP contribution in [0.1, 0.15) is 52.0 Å². The Morgan fingerprint density at radius 1 is 1.17 bits per heavy atom. The highest BCUT2D eigenvalue weighted by Gasteiger charge is 2.22. The SMILES string of the molecule is CC.CCCCN(C)c1ncc(-c2ccnc3c2CCN3)nc1OC1CCNCC1. The van der Waals surface area contributed by atoms with Gasteiger partial charge < -0.3 is 20.3 Å². The van der Waals surface area contributed by atoms with Gasteiger partial charge >= 0.3 is 0 Å². The van der Waals surface area contributed by atoms with E-state index < -0.39 is 0 Å². The zero-order valence-corrected chi connectivity index (χ0v) is 18.9. The molecule has 0 atom stereocenters. The fourth-order valence-corrected chi connectivity index (χ4v) is 3.85. The number of ether oxygens (including phenoxy) is 1. The van der Waals surface area contributed by atoms with Gasteiger partial charge in [0, 0.05) is 37.5 Å². The van der Waals surface area contributed by atoms with E-state index in [9.17, 15) is 0 Å². The summed E-state index contributed by atoms with van der Waals surface area (Å²) in [7, 11) is 2.07. The van der Waals surface area contributed by atoms with Crippen LogP contribution in [0, 0.1) is 0 Å². The van der Waals surface area contributed by atoms with E-state index in [4.69, 9.17) is 14.7 Å². The van der Waals surface area contributed by atoms with Crippen molar-refractivity contribution in [2.24, 2.45) is 0 Å². The third kappa shape index (κ3) is 5.19. The summed E-state index contributed by atoms with van der Waals surface area (Å²) in [6.45, 7) is 10.0. The van der Waals surface area contributed by atoms with E-state index in [1.54, 1.807) is 0 Å². The Morgan fingerprint density at radius 3 is 2.73 bits per heavy atom. The van der Waals surface area contributed by atoms with Gasteiger partial charge in [-0.05, 0) is 44.8 Å². The third-order valence-corrected chi connectivity index (χ3v) is 5.49. The first-order valence-corrected chi connectivity index (χ1v) is 11.4. The number of nitrogens with zero attached hydrogens (tertiary/aromatic N) is 4. The first-order valence-electron chi connectivity index (χ1n) is 11.4. The molecule has 164 valence electrons. The summed E-state index contributed by atoms with van der Waals surface area (Å²) in [4.78, 5) is 16.3. The van der Waals surface area contributed by atoms with Gasteiger partial charge in [-0.1, -0.05) is 27.2 Å². The number of rotatable bonds is 7. The highest BCUT2D eigenvalue weighted by Crippen LogP contribution is 2.33. The quantitative estimate of drug-likeness (QED) is 0.714. The Bertz CT molecular complexity index is 806. The fourth-order valence-electron chi connectivity index (χ4n) is 3.85. The zero-order valence-electron chi connectivity index (χ0n) is 18.9. The summed E-state index contributed by atoms with van der Waals surface area (Å²) < 4.78 is 6.38. The lowest BCUT2D eigenvalue weighted by atomic mass is 10.1. The smallest absolute Gasteiger partial charge is 0.258 e. The molecule has 0 aliphatic carbocycles. The molecule has 2 aliphatic rings. The van der Waals surface area contributed by atoms with Crippen LogP contribution in [0.2, 0.25) is 0 Å². The fraction of sp³-hybridized carbons (Fsp3) is 0.609. The Kier molecular flexibility index (Phi) is 8.25. The van der Waals surface area contributed by atoms with Gasteiger partial charge in [-0.25, -0.2) is 15.0 Å². The molecular weight excluding hydrogens is 376 g/mol. The summed E-state index contributed by atoms with van der Waals surface area (Å²) in [5.41, 5.74) is 3.18. The molecule has 2 aliphatic heterocycles. The molecule has 0 aromatic carbocycles. The van der Waals surface area contributed by atoms with Crippen LogP contribution in [0.3, 0.4) is 0 Å². The molecular formula is C23H36N6O. The Balaban J connectivity index is 0.00000124. The summed E-state index contributed by atoms with van der Waals surface area (Å²) in [6, 6.07) is 2.03. The van der Waals surface area contributed by atoms with E-state index in [2.05, 4.69) is 34.5 Å². The molecule has 2 aromatic heterocycles. The van der Waals surface area contributed by atoms with Crippen molar-refractivity contribution in [3.8, 4) is 17.1 Å². The number of hydrogen-bond donors (Lipinski definition) is 2. The van der Waals surface area contributed by atoms with Gasteiger partial charge in [0.2, 0.25) is 0 Å². The van der Waals surface area contributed by atoms with Crippen LogP contribution in [-0.2, 0) is 6.42 Å². The number of hydrogen-bond acceptors (Lipinski definition) is 7. The molecule has 0 amide bonds. The molecule has 30 heavy (non-hydrogen) atoms. The lowest BCUT2D eigenvalue weighted by Gasteiger charge is -2.26. The first kappa shape index (κ1) is 22.3. The van der Waals surface area contributed by atoms with Gasteiger partial charge in [0.15, 0.2) is 5.82 Å². The molecule has 2 N–H and O–H groups in total. The lowest BCUT2D eigenvalue weighted by Crippen LogP contribution is -2.34. The molecule has 0 saturated carbocycles. The second kappa shape index (κ2) is 11.1. The maximum atomic E-state index is 6.38. The molecule has 0 radical (unpaired) electrons. The van der Waals surface area contributed by atoms with Crippen LogP contribution in [0.15, 0.2) is 18.5 Å². The summed E-state index contributed by atoms with van der Waals surface area (Å²) >= 11 is 0. The highest BCUT2D eigenvalue weighted by atomic mass is 16.5. The highest BCUT2D eigenvalue weighted by molar-refractivity contribution is 5.71. The third-order valence-electron chi connectivity index (χ3n) is 5.49. The monoisotopic (exact) mass is 412 g/mol. The summed E-state index contributed by atoms with van der Waals surface area (Å²) in [5, 5.41) is 6.73. The van der Waals surface area contributed by atoms with Gasteiger partial charge in [-0.2, -0.15) is 0 Å². The second-order valence-electron chi connectivity index (χ2n) is 7.59. The molecule has 0 spiro atoms. The van der Waals surface area contributed by atoms with E-state index in [-0.39, 0.29) is 6.10 Å². The maximum absolute atomic E-state index is 6.38. The van der Waals surface area contributed by atoms with Crippen LogP contribution >= 0.6 is 0 Å². The maximum Gasteiger partial charge on any atom is 0.258 e. The van der Waals surface area contributed by atoms with Crippen molar-refractivity contribution in [2.45, 2.75) is 59.0 Å². The Morgan fingerprint density at radius 2 is 1.97 bits per heavy atom. The van der Waals surface area contributed by atoms with Crippen LogP contribution < -0.4 is 20.3 Å². The molecule has 7 heteroatoms. The number of piperidine rings is 1. The Hall–Kier alpha value is -2.41. The van der Waals surface area contributed by atoms with Crippen LogP contribution in [0.4, 0.5) is 11.6 Å². The molecule has 4 rings (SSSR count). The largest absolute Gasteiger partial charge is 0.472 e. The van der Waals surface area contributed by atoms with Crippen molar-refractivity contribution in [1.29, 1.82) is 0 Å².